The number of aryl methyl sites for hydroxylation is 1. The number of carbonyl (C=O) groups excluding carboxylic acids is 2. The van der Waals surface area contributed by atoms with Gasteiger partial charge in [-0.3, -0.25) is 19.7 Å². The summed E-state index contributed by atoms with van der Waals surface area (Å²) in [6.07, 6.45) is 1.45. The van der Waals surface area contributed by atoms with Crippen molar-refractivity contribution in [1.29, 1.82) is 0 Å². The molecule has 8 heteroatoms. The minimum absolute atomic E-state index is 0.0175. The summed E-state index contributed by atoms with van der Waals surface area (Å²) in [7, 11) is 0. The molecule has 0 aliphatic carbocycles. The number of nitrogens with zero attached hydrogens (tertiary/aromatic N) is 2. The van der Waals surface area contributed by atoms with Gasteiger partial charge in [-0.25, -0.2) is 0 Å². The fourth-order valence-corrected chi connectivity index (χ4v) is 2.95. The van der Waals surface area contributed by atoms with E-state index in [1.165, 1.54) is 6.07 Å². The molecule has 2 amide bonds. The number of nitrogens with one attached hydrogen (secondary N) is 2. The van der Waals surface area contributed by atoms with Gasteiger partial charge in [0.15, 0.2) is 0 Å². The average Bonchev–Trinajstić information content (AvgIpc) is 3.08. The summed E-state index contributed by atoms with van der Waals surface area (Å²) in [6, 6.07) is 11.9. The van der Waals surface area contributed by atoms with Crippen LogP contribution in [0, 0.1) is 17.0 Å². The third-order valence-electron chi connectivity index (χ3n) is 4.40. The average molecular weight is 368 g/mol. The lowest BCUT2D eigenvalue weighted by Crippen LogP contribution is -2.24. The second kappa shape index (κ2) is 7.86. The fraction of sp³-hybridized carbons (Fsp3) is 0.263. The summed E-state index contributed by atoms with van der Waals surface area (Å²) >= 11 is 0. The molecule has 2 N–H and O–H groups in total. The van der Waals surface area contributed by atoms with Gasteiger partial charge in [-0.2, -0.15) is 0 Å². The molecular formula is C19H20N4O4. The van der Waals surface area contributed by atoms with Gasteiger partial charge in [0.25, 0.3) is 5.69 Å². The molecule has 0 spiro atoms. The van der Waals surface area contributed by atoms with E-state index in [4.69, 9.17) is 0 Å². The Morgan fingerprint density at radius 1 is 1.19 bits per heavy atom. The number of benzene rings is 2. The molecule has 1 fully saturated rings. The fourth-order valence-electron chi connectivity index (χ4n) is 2.95. The lowest BCUT2D eigenvalue weighted by molar-refractivity contribution is -0.385. The lowest BCUT2D eigenvalue weighted by Gasteiger charge is -2.16. The third-order valence-corrected chi connectivity index (χ3v) is 4.40. The van der Waals surface area contributed by atoms with Crippen molar-refractivity contribution < 1.29 is 14.5 Å². The number of hydrogen-bond donors (Lipinski definition) is 2. The molecule has 8 nitrogen and oxygen atoms in total. The molecule has 3 rings (SSSR count). The highest BCUT2D eigenvalue weighted by Gasteiger charge is 2.21. The normalized spacial score (nSPS) is 13.5. The van der Waals surface area contributed by atoms with E-state index < -0.39 is 4.92 Å². The van der Waals surface area contributed by atoms with Gasteiger partial charge in [0.05, 0.1) is 11.5 Å². The summed E-state index contributed by atoms with van der Waals surface area (Å²) in [5, 5.41) is 16.6. The van der Waals surface area contributed by atoms with Crippen molar-refractivity contribution in [2.24, 2.45) is 0 Å². The van der Waals surface area contributed by atoms with Crippen LogP contribution in [0.15, 0.2) is 42.5 Å². The highest BCUT2D eigenvalue weighted by Crippen LogP contribution is 2.24. The van der Waals surface area contributed by atoms with Gasteiger partial charge >= 0.3 is 0 Å². The minimum atomic E-state index is -0.476. The number of anilines is 3. The molecule has 1 saturated heterocycles. The summed E-state index contributed by atoms with van der Waals surface area (Å²) in [4.78, 5) is 36.1. The Kier molecular flexibility index (Phi) is 5.35. The maximum absolute atomic E-state index is 12.1. The Hall–Kier alpha value is -3.42. The molecular weight excluding hydrogens is 348 g/mol. The molecule has 0 radical (unpaired) electrons. The second-order valence-electron chi connectivity index (χ2n) is 6.36. The summed E-state index contributed by atoms with van der Waals surface area (Å²) in [6.45, 7) is 2.39. The van der Waals surface area contributed by atoms with Crippen LogP contribution in [-0.2, 0) is 9.59 Å². The summed E-state index contributed by atoms with van der Waals surface area (Å²) < 4.78 is 0. The highest BCUT2D eigenvalue weighted by atomic mass is 16.6. The zero-order valence-electron chi connectivity index (χ0n) is 14.9. The van der Waals surface area contributed by atoms with Crippen LogP contribution >= 0.6 is 0 Å². The molecule has 0 bridgehead atoms. The number of rotatable bonds is 6. The zero-order valence-corrected chi connectivity index (χ0v) is 14.9. The van der Waals surface area contributed by atoms with Crippen LogP contribution in [0.5, 0.6) is 0 Å². The quantitative estimate of drug-likeness (QED) is 0.602. The van der Waals surface area contributed by atoms with E-state index in [1.54, 1.807) is 24.0 Å². The largest absolute Gasteiger partial charge is 0.376 e. The van der Waals surface area contributed by atoms with E-state index in [0.717, 1.165) is 24.3 Å². The number of amides is 2. The third kappa shape index (κ3) is 4.41. The molecule has 140 valence electrons. The summed E-state index contributed by atoms with van der Waals surface area (Å²) in [5.41, 5.74) is 2.47. The van der Waals surface area contributed by atoms with Crippen molar-refractivity contribution >= 4 is 34.6 Å². The Balaban J connectivity index is 1.55. The molecule has 1 aliphatic rings. The number of carbonyl (C=O) groups is 2. The van der Waals surface area contributed by atoms with Gasteiger partial charge in [-0.1, -0.05) is 6.07 Å². The van der Waals surface area contributed by atoms with E-state index >= 15 is 0 Å². The van der Waals surface area contributed by atoms with Gasteiger partial charge in [0.2, 0.25) is 11.8 Å². The first-order valence-corrected chi connectivity index (χ1v) is 8.63. The van der Waals surface area contributed by atoms with Gasteiger partial charge in [0, 0.05) is 41.7 Å². The standard InChI is InChI=1S/C19H20N4O4/c1-13-4-5-15(11-17(13)23(26)27)21-18(24)12-20-14-6-8-16(9-7-14)22-10-2-3-19(22)25/h4-9,11,20H,2-3,10,12H2,1H3,(H,21,24). The minimum Gasteiger partial charge on any atom is -0.376 e. The van der Waals surface area contributed by atoms with Crippen molar-refractivity contribution in [3.63, 3.8) is 0 Å². The van der Waals surface area contributed by atoms with E-state index in [1.807, 2.05) is 24.3 Å². The summed E-state index contributed by atoms with van der Waals surface area (Å²) in [5.74, 6) is -0.186. The molecule has 0 unspecified atom stereocenters. The maximum Gasteiger partial charge on any atom is 0.274 e. The molecule has 2 aromatic carbocycles. The van der Waals surface area contributed by atoms with Gasteiger partial charge in [-0.05, 0) is 43.7 Å². The smallest absolute Gasteiger partial charge is 0.274 e. The van der Waals surface area contributed by atoms with Crippen LogP contribution < -0.4 is 15.5 Å². The van der Waals surface area contributed by atoms with Crippen molar-refractivity contribution in [2.45, 2.75) is 19.8 Å². The molecule has 27 heavy (non-hydrogen) atoms. The topological polar surface area (TPSA) is 105 Å². The van der Waals surface area contributed by atoms with Crippen LogP contribution in [0.3, 0.4) is 0 Å². The van der Waals surface area contributed by atoms with E-state index in [0.29, 0.717) is 17.7 Å². The van der Waals surface area contributed by atoms with E-state index in [2.05, 4.69) is 10.6 Å². The Labute approximate surface area is 156 Å². The SMILES string of the molecule is Cc1ccc(NC(=O)CNc2ccc(N3CCCC3=O)cc2)cc1[N+](=O)[O-]. The number of hydrogen-bond acceptors (Lipinski definition) is 5. The highest BCUT2D eigenvalue weighted by molar-refractivity contribution is 5.96. The van der Waals surface area contributed by atoms with Crippen LogP contribution in [0.1, 0.15) is 18.4 Å². The first-order chi connectivity index (χ1) is 12.9. The Morgan fingerprint density at radius 3 is 2.52 bits per heavy atom. The maximum atomic E-state index is 12.1. The molecule has 0 atom stereocenters. The molecule has 1 aliphatic heterocycles. The van der Waals surface area contributed by atoms with Crippen LogP contribution in [0.25, 0.3) is 0 Å². The molecule has 0 aromatic heterocycles. The zero-order chi connectivity index (χ0) is 19.4. The monoisotopic (exact) mass is 368 g/mol. The first-order valence-electron chi connectivity index (χ1n) is 8.63. The van der Waals surface area contributed by atoms with Gasteiger partial charge < -0.3 is 15.5 Å². The van der Waals surface area contributed by atoms with Crippen LogP contribution in [0.2, 0.25) is 0 Å². The van der Waals surface area contributed by atoms with Gasteiger partial charge in [-0.15, -0.1) is 0 Å². The Morgan fingerprint density at radius 2 is 1.89 bits per heavy atom. The number of nitro groups is 1. The van der Waals surface area contributed by atoms with E-state index in [9.17, 15) is 19.7 Å². The molecule has 1 heterocycles. The Bertz CT molecular complexity index is 880. The van der Waals surface area contributed by atoms with Crippen LogP contribution in [0.4, 0.5) is 22.7 Å². The molecule has 2 aromatic rings. The van der Waals surface area contributed by atoms with Crippen molar-refractivity contribution in [3.05, 3.63) is 58.1 Å². The predicted octanol–water partition coefficient (Wildman–Crippen LogP) is 3.08. The van der Waals surface area contributed by atoms with Crippen LogP contribution in [-0.4, -0.2) is 29.8 Å². The first kappa shape index (κ1) is 18.4. The van der Waals surface area contributed by atoms with E-state index in [-0.39, 0.29) is 24.0 Å². The van der Waals surface area contributed by atoms with Gasteiger partial charge in [0.1, 0.15) is 0 Å². The molecule has 0 saturated carbocycles. The lowest BCUT2D eigenvalue weighted by atomic mass is 10.2. The predicted molar refractivity (Wildman–Crippen MR) is 103 cm³/mol. The van der Waals surface area contributed by atoms with Crippen molar-refractivity contribution in [3.8, 4) is 0 Å². The number of nitro benzene ring substituents is 1. The second-order valence-corrected chi connectivity index (χ2v) is 6.36. The van der Waals surface area contributed by atoms with Crippen molar-refractivity contribution in [2.75, 3.05) is 28.6 Å². The van der Waals surface area contributed by atoms with Crippen molar-refractivity contribution in [1.82, 2.24) is 0 Å².